The van der Waals surface area contributed by atoms with Crippen LogP contribution in [-0.2, 0) is 16.6 Å². The van der Waals surface area contributed by atoms with Crippen LogP contribution in [0.1, 0.15) is 22.6 Å². The van der Waals surface area contributed by atoms with Gasteiger partial charge in [0.15, 0.2) is 0 Å². The van der Waals surface area contributed by atoms with Gasteiger partial charge >= 0.3 is 0 Å². The molecule has 1 aromatic carbocycles. The quantitative estimate of drug-likeness (QED) is 0.909. The summed E-state index contributed by atoms with van der Waals surface area (Å²) in [6.45, 7) is 5.46. The summed E-state index contributed by atoms with van der Waals surface area (Å²) < 4.78 is 32.6. The van der Waals surface area contributed by atoms with E-state index in [4.69, 9.17) is 27.6 Å². The number of hydrogen-bond donors (Lipinski definition) is 1. The van der Waals surface area contributed by atoms with E-state index in [0.717, 1.165) is 11.3 Å². The average molecular weight is 348 g/mol. The van der Waals surface area contributed by atoms with E-state index in [1.54, 1.807) is 19.9 Å². The minimum atomic E-state index is -3.72. The second-order valence-corrected chi connectivity index (χ2v) is 7.34. The van der Waals surface area contributed by atoms with Crippen molar-refractivity contribution in [2.75, 3.05) is 0 Å². The Bertz CT molecular complexity index is 782. The minimum absolute atomic E-state index is 0.0175. The highest BCUT2D eigenvalue weighted by Gasteiger charge is 2.20. The Morgan fingerprint density at radius 1 is 1.10 bits per heavy atom. The molecule has 1 aromatic heterocycles. The zero-order valence-electron chi connectivity index (χ0n) is 11.8. The lowest BCUT2D eigenvalue weighted by atomic mass is 10.2. The van der Waals surface area contributed by atoms with Gasteiger partial charge in [-0.2, -0.15) is 0 Å². The first-order valence-electron chi connectivity index (χ1n) is 6.22. The molecule has 114 valence electrons. The molecule has 0 saturated heterocycles. The van der Waals surface area contributed by atoms with Gasteiger partial charge in [0.05, 0.1) is 5.02 Å². The van der Waals surface area contributed by atoms with Crippen molar-refractivity contribution in [3.8, 4) is 0 Å². The number of hydrogen-bond acceptors (Lipinski definition) is 3. The largest absolute Gasteiger partial charge is 0.466 e. The Kier molecular flexibility index (Phi) is 4.68. The summed E-state index contributed by atoms with van der Waals surface area (Å²) in [6.07, 6.45) is 0. The SMILES string of the molecule is Cc1cc(CNS(=O)(=O)c2cc(C)c(Cl)cc2Cl)c(C)o1. The molecule has 0 spiro atoms. The molecule has 0 saturated carbocycles. The van der Waals surface area contributed by atoms with Crippen LogP contribution in [0.4, 0.5) is 0 Å². The molecule has 21 heavy (non-hydrogen) atoms. The molecule has 0 fully saturated rings. The predicted octanol–water partition coefficient (Wildman–Crippen LogP) is 3.99. The third-order valence-electron chi connectivity index (χ3n) is 3.10. The molecular weight excluding hydrogens is 333 g/mol. The number of halogens is 2. The van der Waals surface area contributed by atoms with E-state index in [1.165, 1.54) is 12.1 Å². The van der Waals surface area contributed by atoms with E-state index in [2.05, 4.69) is 4.72 Å². The van der Waals surface area contributed by atoms with Crippen molar-refractivity contribution in [1.29, 1.82) is 0 Å². The lowest BCUT2D eigenvalue weighted by Crippen LogP contribution is -2.23. The van der Waals surface area contributed by atoms with Gasteiger partial charge in [-0.25, -0.2) is 13.1 Å². The van der Waals surface area contributed by atoms with Gasteiger partial charge in [-0.1, -0.05) is 23.2 Å². The number of benzene rings is 1. The first-order valence-corrected chi connectivity index (χ1v) is 8.46. The highest BCUT2D eigenvalue weighted by atomic mass is 35.5. The predicted molar refractivity (Wildman–Crippen MR) is 83.4 cm³/mol. The lowest BCUT2D eigenvalue weighted by molar-refractivity contribution is 0.500. The van der Waals surface area contributed by atoms with Crippen LogP contribution in [0.3, 0.4) is 0 Å². The Morgan fingerprint density at radius 3 is 2.33 bits per heavy atom. The molecule has 0 radical (unpaired) electrons. The summed E-state index contributed by atoms with van der Waals surface area (Å²) in [6, 6.07) is 4.69. The number of aryl methyl sites for hydroxylation is 3. The van der Waals surface area contributed by atoms with Gasteiger partial charge in [-0.05, 0) is 44.5 Å². The van der Waals surface area contributed by atoms with Crippen molar-refractivity contribution in [2.45, 2.75) is 32.2 Å². The monoisotopic (exact) mass is 347 g/mol. The zero-order chi connectivity index (χ0) is 15.8. The van der Waals surface area contributed by atoms with Crippen LogP contribution >= 0.6 is 23.2 Å². The maximum absolute atomic E-state index is 12.3. The molecule has 2 aromatic rings. The summed E-state index contributed by atoms with van der Waals surface area (Å²) in [5.41, 5.74) is 1.44. The van der Waals surface area contributed by atoms with Gasteiger partial charge < -0.3 is 4.42 Å². The maximum atomic E-state index is 12.3. The third-order valence-corrected chi connectivity index (χ3v) is 5.37. The molecule has 1 N–H and O–H groups in total. The van der Waals surface area contributed by atoms with Crippen LogP contribution in [0.5, 0.6) is 0 Å². The van der Waals surface area contributed by atoms with Crippen LogP contribution < -0.4 is 4.72 Å². The van der Waals surface area contributed by atoms with Crippen LogP contribution in [-0.4, -0.2) is 8.42 Å². The van der Waals surface area contributed by atoms with Crippen molar-refractivity contribution in [3.05, 3.63) is 50.9 Å². The van der Waals surface area contributed by atoms with Crippen molar-refractivity contribution in [1.82, 2.24) is 4.72 Å². The fourth-order valence-electron chi connectivity index (χ4n) is 1.95. The Labute approximate surface area is 134 Å². The van der Waals surface area contributed by atoms with Crippen molar-refractivity contribution in [3.63, 3.8) is 0 Å². The van der Waals surface area contributed by atoms with Crippen LogP contribution in [0.25, 0.3) is 0 Å². The molecule has 0 bridgehead atoms. The molecule has 1 heterocycles. The Balaban J connectivity index is 2.27. The van der Waals surface area contributed by atoms with Crippen LogP contribution in [0, 0.1) is 20.8 Å². The molecule has 0 amide bonds. The Morgan fingerprint density at radius 2 is 1.76 bits per heavy atom. The fourth-order valence-corrected chi connectivity index (χ4v) is 3.78. The van der Waals surface area contributed by atoms with Crippen molar-refractivity contribution < 1.29 is 12.8 Å². The second kappa shape index (κ2) is 6.01. The summed E-state index contributed by atoms with van der Waals surface area (Å²) in [5, 5.41) is 0.526. The minimum Gasteiger partial charge on any atom is -0.466 e. The van der Waals surface area contributed by atoms with E-state index in [1.807, 2.05) is 6.92 Å². The number of rotatable bonds is 4. The molecule has 0 aliphatic rings. The number of nitrogens with one attached hydrogen (secondary N) is 1. The summed E-state index contributed by atoms with van der Waals surface area (Å²) in [5.74, 6) is 1.43. The van der Waals surface area contributed by atoms with Crippen molar-refractivity contribution in [2.24, 2.45) is 0 Å². The standard InChI is InChI=1S/C14H15Cl2NO3S/c1-8-4-14(13(16)6-12(8)15)21(18,19)17-7-11-5-9(2)20-10(11)3/h4-6,17H,7H2,1-3H3. The smallest absolute Gasteiger partial charge is 0.242 e. The molecule has 7 heteroatoms. The van der Waals surface area contributed by atoms with Gasteiger partial charge in [0.25, 0.3) is 0 Å². The molecule has 0 aliphatic carbocycles. The van der Waals surface area contributed by atoms with E-state index in [-0.39, 0.29) is 16.5 Å². The van der Waals surface area contributed by atoms with Gasteiger partial charge in [0, 0.05) is 17.1 Å². The van der Waals surface area contributed by atoms with E-state index in [0.29, 0.717) is 16.3 Å². The maximum Gasteiger partial charge on any atom is 0.242 e. The topological polar surface area (TPSA) is 59.3 Å². The van der Waals surface area contributed by atoms with E-state index in [9.17, 15) is 8.42 Å². The van der Waals surface area contributed by atoms with Gasteiger partial charge in [-0.3, -0.25) is 0 Å². The molecule has 0 aliphatic heterocycles. The van der Waals surface area contributed by atoms with Gasteiger partial charge in [0.2, 0.25) is 10.0 Å². The van der Waals surface area contributed by atoms with Gasteiger partial charge in [0.1, 0.15) is 16.4 Å². The first kappa shape index (κ1) is 16.4. The van der Waals surface area contributed by atoms with Gasteiger partial charge in [-0.15, -0.1) is 0 Å². The summed E-state index contributed by atoms with van der Waals surface area (Å²) in [4.78, 5) is 0.0175. The highest BCUT2D eigenvalue weighted by molar-refractivity contribution is 7.89. The number of sulfonamides is 1. The fraction of sp³-hybridized carbons (Fsp3) is 0.286. The van der Waals surface area contributed by atoms with Crippen LogP contribution in [0.2, 0.25) is 10.0 Å². The Hall–Kier alpha value is -1.01. The third kappa shape index (κ3) is 3.61. The van der Waals surface area contributed by atoms with E-state index < -0.39 is 10.0 Å². The van der Waals surface area contributed by atoms with E-state index >= 15 is 0 Å². The molecule has 4 nitrogen and oxygen atoms in total. The zero-order valence-corrected chi connectivity index (χ0v) is 14.2. The first-order chi connectivity index (χ1) is 9.70. The summed E-state index contributed by atoms with van der Waals surface area (Å²) in [7, 11) is -3.72. The normalized spacial score (nSPS) is 11.9. The van der Waals surface area contributed by atoms with Crippen LogP contribution in [0.15, 0.2) is 27.5 Å². The molecular formula is C14H15Cl2NO3S. The lowest BCUT2D eigenvalue weighted by Gasteiger charge is -2.10. The average Bonchev–Trinajstić information content (AvgIpc) is 2.70. The molecule has 2 rings (SSSR count). The molecule has 0 atom stereocenters. The van der Waals surface area contributed by atoms with Crippen molar-refractivity contribution >= 4 is 33.2 Å². The molecule has 0 unspecified atom stereocenters. The summed E-state index contributed by atoms with van der Waals surface area (Å²) >= 11 is 11.9. The number of furan rings is 1. The highest BCUT2D eigenvalue weighted by Crippen LogP contribution is 2.28. The second-order valence-electron chi connectivity index (χ2n) is 4.79.